The average Bonchev–Trinajstić information content (AvgIpc) is 2.38. The first-order valence-corrected chi connectivity index (χ1v) is 7.48. The normalized spacial score (nSPS) is 11.2. The van der Waals surface area contributed by atoms with E-state index < -0.39 is 42.8 Å². The summed E-state index contributed by atoms with van der Waals surface area (Å²) in [5.74, 6) is -2.23. The number of amides is 1. The van der Waals surface area contributed by atoms with E-state index in [-0.39, 0.29) is 13.1 Å². The van der Waals surface area contributed by atoms with Gasteiger partial charge in [-0.2, -0.15) is 0 Å². The Balaban J connectivity index is 3.62. The second kappa shape index (κ2) is 6.14. The summed E-state index contributed by atoms with van der Waals surface area (Å²) >= 11 is 0. The van der Waals surface area contributed by atoms with Crippen LogP contribution < -0.4 is 5.14 Å². The first kappa shape index (κ1) is 17.0. The van der Waals surface area contributed by atoms with E-state index in [1.807, 2.05) is 0 Å². The lowest BCUT2D eigenvalue weighted by Crippen LogP contribution is -2.31. The minimum absolute atomic E-state index is 0.238. The Bertz CT molecular complexity index is 685. The molecule has 0 fully saturated rings. The number of nitrogens with zero attached hydrogens (tertiary/aromatic N) is 2. The molecule has 1 aromatic carbocycles. The van der Waals surface area contributed by atoms with Gasteiger partial charge in [-0.25, -0.2) is 17.9 Å². The maximum atomic E-state index is 14.2. The van der Waals surface area contributed by atoms with E-state index in [9.17, 15) is 27.7 Å². The predicted octanol–water partition coefficient (Wildman–Crippen LogP) is 0.863. The van der Waals surface area contributed by atoms with E-state index in [1.54, 1.807) is 13.8 Å². The van der Waals surface area contributed by atoms with Gasteiger partial charge in [0.1, 0.15) is 4.90 Å². The lowest BCUT2D eigenvalue weighted by atomic mass is 10.1. The summed E-state index contributed by atoms with van der Waals surface area (Å²) in [5, 5.41) is 15.6. The highest BCUT2D eigenvalue weighted by Crippen LogP contribution is 2.25. The Morgan fingerprint density at radius 3 is 2.29 bits per heavy atom. The number of hydrogen-bond acceptors (Lipinski definition) is 5. The van der Waals surface area contributed by atoms with Crippen LogP contribution in [-0.2, 0) is 10.0 Å². The maximum Gasteiger partial charge on any atom is 0.271 e. The lowest BCUT2D eigenvalue weighted by molar-refractivity contribution is -0.385. The van der Waals surface area contributed by atoms with Crippen LogP contribution in [0.5, 0.6) is 0 Å². The smallest absolute Gasteiger partial charge is 0.271 e. The molecule has 0 unspecified atom stereocenters. The molecule has 0 aliphatic carbocycles. The molecule has 8 nitrogen and oxygen atoms in total. The van der Waals surface area contributed by atoms with Gasteiger partial charge >= 0.3 is 0 Å². The van der Waals surface area contributed by atoms with Gasteiger partial charge < -0.3 is 4.90 Å². The van der Waals surface area contributed by atoms with Crippen molar-refractivity contribution >= 4 is 21.6 Å². The molecule has 116 valence electrons. The van der Waals surface area contributed by atoms with E-state index in [4.69, 9.17) is 5.14 Å². The van der Waals surface area contributed by atoms with Crippen molar-refractivity contribution in [3.8, 4) is 0 Å². The van der Waals surface area contributed by atoms with Crippen molar-refractivity contribution in [3.63, 3.8) is 0 Å². The summed E-state index contributed by atoms with van der Waals surface area (Å²) in [6.45, 7) is 3.75. The average molecular weight is 319 g/mol. The molecule has 0 spiro atoms. The molecule has 1 aromatic rings. The number of benzene rings is 1. The molecule has 0 aliphatic heterocycles. The van der Waals surface area contributed by atoms with Gasteiger partial charge in [-0.3, -0.25) is 14.9 Å². The van der Waals surface area contributed by atoms with Crippen LogP contribution in [0.4, 0.5) is 10.1 Å². The molecular formula is C11H14FN3O5S. The van der Waals surface area contributed by atoms with E-state index in [0.717, 1.165) is 0 Å². The Morgan fingerprint density at radius 2 is 1.90 bits per heavy atom. The molecule has 0 bridgehead atoms. The number of sulfonamides is 1. The summed E-state index contributed by atoms with van der Waals surface area (Å²) in [4.78, 5) is 22.1. The summed E-state index contributed by atoms with van der Waals surface area (Å²) in [6.07, 6.45) is 0. The summed E-state index contributed by atoms with van der Waals surface area (Å²) in [6, 6.07) is 1.19. The van der Waals surface area contributed by atoms with Gasteiger partial charge in [-0.15, -0.1) is 0 Å². The molecule has 1 rings (SSSR count). The molecule has 10 heteroatoms. The lowest BCUT2D eigenvalue weighted by Gasteiger charge is -2.19. The number of rotatable bonds is 5. The number of carbonyl (C=O) groups is 1. The van der Waals surface area contributed by atoms with E-state index in [2.05, 4.69) is 0 Å². The maximum absolute atomic E-state index is 14.2. The molecule has 0 aliphatic rings. The van der Waals surface area contributed by atoms with E-state index >= 15 is 0 Å². The number of primary sulfonamides is 1. The summed E-state index contributed by atoms with van der Waals surface area (Å²) in [7, 11) is -4.53. The van der Waals surface area contributed by atoms with Crippen molar-refractivity contribution in [3.05, 3.63) is 33.6 Å². The van der Waals surface area contributed by atoms with Crippen LogP contribution in [0.1, 0.15) is 24.2 Å². The van der Waals surface area contributed by atoms with Crippen LogP contribution in [0.3, 0.4) is 0 Å². The highest BCUT2D eigenvalue weighted by molar-refractivity contribution is 7.89. The van der Waals surface area contributed by atoms with E-state index in [0.29, 0.717) is 12.1 Å². The quantitative estimate of drug-likeness (QED) is 0.637. The van der Waals surface area contributed by atoms with Gasteiger partial charge in [0.15, 0.2) is 5.82 Å². The SMILES string of the molecule is CCN(CC)C(=O)c1cc([N+](=O)[O-])cc(S(N)(=O)=O)c1F. The molecule has 0 atom stereocenters. The Hall–Kier alpha value is -2.07. The van der Waals surface area contributed by atoms with Gasteiger partial charge in [0.05, 0.1) is 10.5 Å². The summed E-state index contributed by atoms with van der Waals surface area (Å²) < 4.78 is 36.8. The van der Waals surface area contributed by atoms with E-state index in [1.165, 1.54) is 4.90 Å². The van der Waals surface area contributed by atoms with Gasteiger partial charge in [0.25, 0.3) is 11.6 Å². The minimum atomic E-state index is -4.53. The molecule has 0 radical (unpaired) electrons. The second-order valence-electron chi connectivity index (χ2n) is 4.09. The monoisotopic (exact) mass is 319 g/mol. The molecule has 2 N–H and O–H groups in total. The van der Waals surface area contributed by atoms with Crippen molar-refractivity contribution in [2.24, 2.45) is 5.14 Å². The van der Waals surface area contributed by atoms with Gasteiger partial charge in [0.2, 0.25) is 10.0 Å². The molecule has 1 amide bonds. The minimum Gasteiger partial charge on any atom is -0.339 e. The fraction of sp³-hybridized carbons (Fsp3) is 0.364. The number of non-ortho nitro benzene ring substituents is 1. The molecule has 0 heterocycles. The third kappa shape index (κ3) is 3.52. The zero-order chi connectivity index (χ0) is 16.4. The van der Waals surface area contributed by atoms with Gasteiger partial charge in [-0.1, -0.05) is 0 Å². The fourth-order valence-corrected chi connectivity index (χ4v) is 2.38. The third-order valence-corrected chi connectivity index (χ3v) is 3.73. The Kier molecular flexibility index (Phi) is 4.97. The Labute approximate surface area is 120 Å². The Morgan fingerprint density at radius 1 is 1.38 bits per heavy atom. The number of nitrogens with two attached hydrogens (primary N) is 1. The number of halogens is 1. The van der Waals surface area contributed by atoms with Crippen molar-refractivity contribution in [2.75, 3.05) is 13.1 Å². The number of nitro benzene ring substituents is 1. The number of hydrogen-bond donors (Lipinski definition) is 1. The largest absolute Gasteiger partial charge is 0.339 e. The molecule has 0 saturated heterocycles. The molecule has 0 aromatic heterocycles. The number of nitro groups is 1. The summed E-state index contributed by atoms with van der Waals surface area (Å²) in [5.41, 5.74) is -1.42. The van der Waals surface area contributed by atoms with Crippen molar-refractivity contribution < 1.29 is 22.5 Å². The van der Waals surface area contributed by atoms with Crippen molar-refractivity contribution in [1.29, 1.82) is 0 Å². The first-order chi connectivity index (χ1) is 9.63. The number of carbonyl (C=O) groups excluding carboxylic acids is 1. The molecular weight excluding hydrogens is 305 g/mol. The highest BCUT2D eigenvalue weighted by atomic mass is 32.2. The van der Waals surface area contributed by atoms with Crippen LogP contribution in [0.25, 0.3) is 0 Å². The van der Waals surface area contributed by atoms with Crippen LogP contribution in [-0.4, -0.2) is 37.2 Å². The van der Waals surface area contributed by atoms with Crippen LogP contribution in [0.15, 0.2) is 17.0 Å². The van der Waals surface area contributed by atoms with Crippen molar-refractivity contribution in [2.45, 2.75) is 18.7 Å². The van der Waals surface area contributed by atoms with Crippen LogP contribution in [0.2, 0.25) is 0 Å². The zero-order valence-electron chi connectivity index (χ0n) is 11.4. The second-order valence-corrected chi connectivity index (χ2v) is 5.61. The molecule has 0 saturated carbocycles. The zero-order valence-corrected chi connectivity index (χ0v) is 12.2. The topological polar surface area (TPSA) is 124 Å². The highest BCUT2D eigenvalue weighted by Gasteiger charge is 2.28. The van der Waals surface area contributed by atoms with Gasteiger partial charge in [0, 0.05) is 25.2 Å². The van der Waals surface area contributed by atoms with Crippen molar-refractivity contribution in [1.82, 2.24) is 4.90 Å². The predicted molar refractivity (Wildman–Crippen MR) is 71.7 cm³/mol. The van der Waals surface area contributed by atoms with Crippen LogP contribution >= 0.6 is 0 Å². The first-order valence-electron chi connectivity index (χ1n) is 5.93. The fourth-order valence-electron chi connectivity index (χ4n) is 1.73. The van der Waals surface area contributed by atoms with Crippen LogP contribution in [0, 0.1) is 15.9 Å². The standard InChI is InChI=1S/C11H14FN3O5S/c1-3-14(4-2)11(16)8-5-7(15(17)18)6-9(10(8)12)21(13,19)20/h5-6H,3-4H2,1-2H3,(H2,13,19,20). The van der Waals surface area contributed by atoms with Gasteiger partial charge in [-0.05, 0) is 13.8 Å². The third-order valence-electron chi connectivity index (χ3n) is 2.82. The molecule has 21 heavy (non-hydrogen) atoms.